The first-order valence-corrected chi connectivity index (χ1v) is 7.42. The van der Waals surface area contributed by atoms with Gasteiger partial charge in [0.2, 0.25) is 0 Å². The summed E-state index contributed by atoms with van der Waals surface area (Å²) in [6.07, 6.45) is 1.19. The van der Waals surface area contributed by atoms with Crippen molar-refractivity contribution in [1.82, 2.24) is 4.98 Å². The van der Waals surface area contributed by atoms with Crippen LogP contribution in [0.5, 0.6) is 0 Å². The molecule has 1 saturated heterocycles. The van der Waals surface area contributed by atoms with Crippen molar-refractivity contribution in [3.05, 3.63) is 35.9 Å². The molecule has 0 bridgehead atoms. The Hall–Kier alpha value is -2.10. The number of anilines is 1. The van der Waals surface area contributed by atoms with Gasteiger partial charge in [0, 0.05) is 18.5 Å². The molecule has 2 aromatic rings. The first-order valence-electron chi connectivity index (χ1n) is 7.42. The van der Waals surface area contributed by atoms with Gasteiger partial charge < -0.3 is 10.0 Å². The number of piperidine rings is 1. The van der Waals surface area contributed by atoms with Gasteiger partial charge in [0.05, 0.1) is 5.52 Å². The number of para-hydroxylation sites is 1. The van der Waals surface area contributed by atoms with Crippen LogP contribution >= 0.6 is 0 Å². The van der Waals surface area contributed by atoms with E-state index in [9.17, 15) is 9.90 Å². The molecule has 1 aliphatic rings. The Morgan fingerprint density at radius 1 is 1.24 bits per heavy atom. The first kappa shape index (κ1) is 13.9. The molecular weight excluding hydrogens is 264 g/mol. The predicted octanol–water partition coefficient (Wildman–Crippen LogP) is 3.42. The summed E-state index contributed by atoms with van der Waals surface area (Å²) in [4.78, 5) is 18.4. The van der Waals surface area contributed by atoms with Crippen LogP contribution in [0.3, 0.4) is 0 Å². The second-order valence-electron chi connectivity index (χ2n) is 6.21. The Morgan fingerprint density at radius 2 is 1.90 bits per heavy atom. The Morgan fingerprint density at radius 3 is 2.57 bits per heavy atom. The highest BCUT2D eigenvalue weighted by atomic mass is 16.4. The smallest absolute Gasteiger partial charge is 0.339 e. The van der Waals surface area contributed by atoms with Gasteiger partial charge in [-0.2, -0.15) is 0 Å². The molecule has 0 spiro atoms. The number of fused-ring (bicyclic) bond motifs is 1. The molecule has 1 fully saturated rings. The average Bonchev–Trinajstić information content (AvgIpc) is 2.44. The van der Waals surface area contributed by atoms with E-state index in [1.54, 1.807) is 6.07 Å². The van der Waals surface area contributed by atoms with Crippen LogP contribution < -0.4 is 4.90 Å². The van der Waals surface area contributed by atoms with Gasteiger partial charge in [-0.05, 0) is 30.4 Å². The third-order valence-corrected chi connectivity index (χ3v) is 4.10. The molecule has 2 unspecified atom stereocenters. The van der Waals surface area contributed by atoms with Gasteiger partial charge in [0.25, 0.3) is 0 Å². The zero-order valence-electron chi connectivity index (χ0n) is 12.4. The minimum absolute atomic E-state index is 0.301. The Kier molecular flexibility index (Phi) is 3.53. The lowest BCUT2D eigenvalue weighted by Crippen LogP contribution is -2.40. The maximum absolute atomic E-state index is 11.6. The number of pyridine rings is 1. The molecular formula is C17H20N2O2. The summed E-state index contributed by atoms with van der Waals surface area (Å²) in [5.41, 5.74) is 1.15. The molecule has 1 N–H and O–H groups in total. The molecule has 3 rings (SSSR count). The second kappa shape index (κ2) is 5.35. The average molecular weight is 284 g/mol. The number of carboxylic acid groups (broad SMARTS) is 1. The maximum atomic E-state index is 11.6. The summed E-state index contributed by atoms with van der Waals surface area (Å²) in [5.74, 6) is 0.820. The number of aromatic carboxylic acids is 1. The fraction of sp³-hybridized carbons (Fsp3) is 0.412. The van der Waals surface area contributed by atoms with Gasteiger partial charge in [0.15, 0.2) is 0 Å². The van der Waals surface area contributed by atoms with Crippen molar-refractivity contribution in [2.75, 3.05) is 18.0 Å². The van der Waals surface area contributed by atoms with Crippen molar-refractivity contribution in [1.29, 1.82) is 0 Å². The molecule has 21 heavy (non-hydrogen) atoms. The molecule has 0 aliphatic carbocycles. The van der Waals surface area contributed by atoms with E-state index in [1.165, 1.54) is 6.42 Å². The van der Waals surface area contributed by atoms with Crippen LogP contribution in [-0.2, 0) is 0 Å². The lowest BCUT2D eigenvalue weighted by Gasteiger charge is -2.36. The van der Waals surface area contributed by atoms with Crippen LogP contribution in [0.1, 0.15) is 30.6 Å². The van der Waals surface area contributed by atoms with Crippen LogP contribution in [0, 0.1) is 11.8 Å². The van der Waals surface area contributed by atoms with Crippen LogP contribution in [0.25, 0.3) is 10.9 Å². The maximum Gasteiger partial charge on any atom is 0.339 e. The molecule has 0 amide bonds. The number of nitrogens with zero attached hydrogens (tertiary/aromatic N) is 2. The van der Waals surface area contributed by atoms with E-state index < -0.39 is 5.97 Å². The second-order valence-corrected chi connectivity index (χ2v) is 6.21. The molecule has 0 radical (unpaired) electrons. The monoisotopic (exact) mass is 284 g/mol. The summed E-state index contributed by atoms with van der Waals surface area (Å²) < 4.78 is 0. The van der Waals surface area contributed by atoms with Crippen LogP contribution in [0.15, 0.2) is 30.3 Å². The molecule has 2 heterocycles. The number of aromatic nitrogens is 1. The van der Waals surface area contributed by atoms with Crippen LogP contribution in [-0.4, -0.2) is 29.1 Å². The van der Waals surface area contributed by atoms with Crippen molar-refractivity contribution in [2.45, 2.75) is 20.3 Å². The number of carboxylic acids is 1. The largest absolute Gasteiger partial charge is 0.478 e. The summed E-state index contributed by atoms with van der Waals surface area (Å²) in [6, 6.07) is 9.41. The molecule has 4 nitrogen and oxygen atoms in total. The van der Waals surface area contributed by atoms with Gasteiger partial charge in [-0.3, -0.25) is 0 Å². The third-order valence-electron chi connectivity index (χ3n) is 4.10. The van der Waals surface area contributed by atoms with Gasteiger partial charge >= 0.3 is 5.97 Å². The number of hydrogen-bond donors (Lipinski definition) is 1. The van der Waals surface area contributed by atoms with Crippen molar-refractivity contribution >= 4 is 22.7 Å². The van der Waals surface area contributed by atoms with E-state index in [-0.39, 0.29) is 0 Å². The Labute approximate surface area is 124 Å². The highest BCUT2D eigenvalue weighted by Crippen LogP contribution is 2.29. The summed E-state index contributed by atoms with van der Waals surface area (Å²) in [7, 11) is 0. The number of rotatable bonds is 2. The van der Waals surface area contributed by atoms with Crippen molar-refractivity contribution in [2.24, 2.45) is 11.8 Å². The van der Waals surface area contributed by atoms with E-state index in [1.807, 2.05) is 24.3 Å². The van der Waals surface area contributed by atoms with Gasteiger partial charge in [-0.25, -0.2) is 9.78 Å². The van der Waals surface area contributed by atoms with Crippen LogP contribution in [0.2, 0.25) is 0 Å². The molecule has 1 aliphatic heterocycles. The fourth-order valence-electron chi connectivity index (χ4n) is 3.34. The van der Waals surface area contributed by atoms with Crippen molar-refractivity contribution in [3.63, 3.8) is 0 Å². The standard InChI is InChI=1S/C17H20N2O2/c1-11-7-12(2)10-19(9-11)16-14(17(20)21)8-13-5-3-4-6-15(13)18-16/h3-6,8,11-12H,7,9-10H2,1-2H3,(H,20,21). The summed E-state index contributed by atoms with van der Waals surface area (Å²) in [5, 5.41) is 10.4. The van der Waals surface area contributed by atoms with Gasteiger partial charge in [0.1, 0.15) is 11.4 Å². The Bertz CT molecular complexity index is 674. The quantitative estimate of drug-likeness (QED) is 0.918. The predicted molar refractivity (Wildman–Crippen MR) is 83.9 cm³/mol. The van der Waals surface area contributed by atoms with Crippen LogP contribution in [0.4, 0.5) is 5.82 Å². The summed E-state index contributed by atoms with van der Waals surface area (Å²) >= 11 is 0. The first-order chi connectivity index (χ1) is 10.0. The zero-order chi connectivity index (χ0) is 15.0. The van der Waals surface area contributed by atoms with Crippen molar-refractivity contribution in [3.8, 4) is 0 Å². The van der Waals surface area contributed by atoms with E-state index in [0.29, 0.717) is 23.2 Å². The number of carbonyl (C=O) groups is 1. The molecule has 4 heteroatoms. The number of benzene rings is 1. The summed E-state index contributed by atoms with van der Waals surface area (Å²) in [6.45, 7) is 6.17. The minimum atomic E-state index is -0.908. The number of hydrogen-bond acceptors (Lipinski definition) is 3. The van der Waals surface area contributed by atoms with Crippen molar-refractivity contribution < 1.29 is 9.90 Å². The molecule has 2 atom stereocenters. The lowest BCUT2D eigenvalue weighted by atomic mass is 9.91. The van der Waals surface area contributed by atoms with Gasteiger partial charge in [-0.15, -0.1) is 0 Å². The third kappa shape index (κ3) is 2.71. The lowest BCUT2D eigenvalue weighted by molar-refractivity contribution is 0.0697. The molecule has 1 aromatic heterocycles. The van der Waals surface area contributed by atoms with E-state index in [0.717, 1.165) is 24.0 Å². The fourth-order valence-corrected chi connectivity index (χ4v) is 3.34. The Balaban J connectivity index is 2.11. The highest BCUT2D eigenvalue weighted by Gasteiger charge is 2.26. The highest BCUT2D eigenvalue weighted by molar-refractivity contribution is 5.98. The molecule has 1 aromatic carbocycles. The van der Waals surface area contributed by atoms with E-state index in [4.69, 9.17) is 0 Å². The zero-order valence-corrected chi connectivity index (χ0v) is 12.4. The van der Waals surface area contributed by atoms with Gasteiger partial charge in [-0.1, -0.05) is 32.0 Å². The van der Waals surface area contributed by atoms with E-state index in [2.05, 4.69) is 23.7 Å². The normalized spacial score (nSPS) is 22.5. The topological polar surface area (TPSA) is 53.4 Å². The van der Waals surface area contributed by atoms with E-state index >= 15 is 0 Å². The molecule has 0 saturated carbocycles. The molecule has 110 valence electrons. The minimum Gasteiger partial charge on any atom is -0.478 e. The SMILES string of the molecule is CC1CC(C)CN(c2nc3ccccc3cc2C(=O)O)C1.